The van der Waals surface area contributed by atoms with Crippen molar-refractivity contribution in [2.45, 2.75) is 30.8 Å². The van der Waals surface area contributed by atoms with Gasteiger partial charge in [0.05, 0.1) is 12.0 Å². The Morgan fingerprint density at radius 3 is 2.59 bits per heavy atom. The zero-order valence-corrected chi connectivity index (χ0v) is 18.1. The summed E-state index contributed by atoms with van der Waals surface area (Å²) in [6, 6.07) is 10.9. The third-order valence-electron chi connectivity index (χ3n) is 4.84. The number of likely N-dealkylation sites (N-methyl/N-ethyl adjacent to an activating group) is 1. The average molecular weight is 464 g/mol. The molecule has 2 heterocycles. The van der Waals surface area contributed by atoms with Gasteiger partial charge in [-0.3, -0.25) is 4.79 Å². The Labute approximate surface area is 187 Å². The standard InChI is InChI=1S/C21H25N3O7S/c1-22-9-14(18(28)17(27)13(26)10-25)31-21(30)15-8-12-19(29)23-16(24-20(12)32-15)7-11-5-3-2-4-6-11/h2-6,8,13-14,17-18,22,25-28H,7,9-10H2,1H3,(H,23,24,29)/t13-,14+,17-,18-/m1/s1. The number of H-pyrrole nitrogens is 1. The fourth-order valence-corrected chi connectivity index (χ4v) is 4.07. The maximum atomic E-state index is 12.7. The lowest BCUT2D eigenvalue weighted by Gasteiger charge is -2.28. The number of ether oxygens (including phenoxy) is 1. The molecule has 10 nitrogen and oxygen atoms in total. The van der Waals surface area contributed by atoms with Crippen LogP contribution in [-0.2, 0) is 11.2 Å². The zero-order chi connectivity index (χ0) is 23.3. The molecule has 32 heavy (non-hydrogen) atoms. The largest absolute Gasteiger partial charge is 0.454 e. The van der Waals surface area contributed by atoms with Crippen molar-refractivity contribution in [2.24, 2.45) is 0 Å². The maximum Gasteiger partial charge on any atom is 0.348 e. The minimum Gasteiger partial charge on any atom is -0.454 e. The summed E-state index contributed by atoms with van der Waals surface area (Å²) < 4.78 is 5.32. The monoisotopic (exact) mass is 463 g/mol. The lowest BCUT2D eigenvalue weighted by molar-refractivity contribution is -0.116. The summed E-state index contributed by atoms with van der Waals surface area (Å²) in [5, 5.41) is 41.7. The Morgan fingerprint density at radius 1 is 1.22 bits per heavy atom. The molecule has 0 unspecified atom stereocenters. The molecule has 0 bridgehead atoms. The Morgan fingerprint density at radius 2 is 1.94 bits per heavy atom. The Kier molecular flexibility index (Phi) is 8.07. The fourth-order valence-electron chi connectivity index (χ4n) is 3.13. The summed E-state index contributed by atoms with van der Waals surface area (Å²) in [4.78, 5) is 32.8. The molecule has 0 amide bonds. The van der Waals surface area contributed by atoms with Crippen molar-refractivity contribution in [3.05, 3.63) is 63.0 Å². The maximum absolute atomic E-state index is 12.7. The molecule has 3 aromatic rings. The number of rotatable bonds is 10. The van der Waals surface area contributed by atoms with Crippen LogP contribution in [0.15, 0.2) is 41.2 Å². The molecule has 3 rings (SSSR count). The van der Waals surface area contributed by atoms with Gasteiger partial charge in [0, 0.05) is 13.0 Å². The Hall–Kier alpha value is -2.67. The van der Waals surface area contributed by atoms with Gasteiger partial charge in [-0.2, -0.15) is 0 Å². The van der Waals surface area contributed by atoms with Gasteiger partial charge in [-0.1, -0.05) is 30.3 Å². The molecule has 0 aliphatic carbocycles. The number of aromatic nitrogens is 2. The highest BCUT2D eigenvalue weighted by Crippen LogP contribution is 2.23. The average Bonchev–Trinajstić information content (AvgIpc) is 3.23. The molecule has 6 N–H and O–H groups in total. The third kappa shape index (κ3) is 5.57. The van der Waals surface area contributed by atoms with Crippen LogP contribution in [0.25, 0.3) is 10.2 Å². The number of carbonyl (C=O) groups excluding carboxylic acids is 1. The Balaban J connectivity index is 1.81. The van der Waals surface area contributed by atoms with Crippen LogP contribution < -0.4 is 10.9 Å². The van der Waals surface area contributed by atoms with E-state index in [2.05, 4.69) is 15.3 Å². The van der Waals surface area contributed by atoms with Crippen molar-refractivity contribution in [3.63, 3.8) is 0 Å². The number of esters is 1. The number of benzene rings is 1. The molecule has 172 valence electrons. The number of hydrogen-bond acceptors (Lipinski definition) is 10. The van der Waals surface area contributed by atoms with Gasteiger partial charge in [0.1, 0.15) is 39.9 Å². The third-order valence-corrected chi connectivity index (χ3v) is 5.85. The summed E-state index contributed by atoms with van der Waals surface area (Å²) in [5.74, 6) is -0.359. The summed E-state index contributed by atoms with van der Waals surface area (Å²) in [6.07, 6.45) is -5.77. The molecule has 4 atom stereocenters. The number of thiophene rings is 1. The van der Waals surface area contributed by atoms with E-state index in [1.165, 1.54) is 6.07 Å². The van der Waals surface area contributed by atoms with Crippen molar-refractivity contribution < 1.29 is 30.0 Å². The highest BCUT2D eigenvalue weighted by molar-refractivity contribution is 7.20. The molecule has 0 spiro atoms. The van der Waals surface area contributed by atoms with Crippen molar-refractivity contribution in [2.75, 3.05) is 20.2 Å². The number of hydrogen-bond donors (Lipinski definition) is 6. The first-order valence-electron chi connectivity index (χ1n) is 9.91. The normalized spacial score (nSPS) is 15.3. The minimum absolute atomic E-state index is 0.0208. The van der Waals surface area contributed by atoms with Crippen LogP contribution in [-0.4, -0.2) is 81.0 Å². The lowest BCUT2D eigenvalue weighted by Crippen LogP contribution is -2.50. The number of aromatic amines is 1. The predicted octanol–water partition coefficient (Wildman–Crippen LogP) is -0.605. The SMILES string of the molecule is CNC[C@H](OC(=O)c1cc2c(=O)[nH]c(Cc3ccccc3)nc2s1)[C@@H](O)[C@H](O)[C@H](O)CO. The summed E-state index contributed by atoms with van der Waals surface area (Å²) in [6.45, 7) is -0.790. The van der Waals surface area contributed by atoms with E-state index in [9.17, 15) is 24.9 Å². The van der Waals surface area contributed by atoms with E-state index in [-0.39, 0.29) is 22.4 Å². The van der Waals surface area contributed by atoms with Crippen molar-refractivity contribution in [1.82, 2.24) is 15.3 Å². The topological polar surface area (TPSA) is 165 Å². The van der Waals surface area contributed by atoms with Crippen LogP contribution in [0.2, 0.25) is 0 Å². The van der Waals surface area contributed by atoms with Crippen molar-refractivity contribution in [3.8, 4) is 0 Å². The second kappa shape index (κ2) is 10.8. The number of carbonyl (C=O) groups is 1. The van der Waals surface area contributed by atoms with Crippen LogP contribution >= 0.6 is 11.3 Å². The van der Waals surface area contributed by atoms with Gasteiger partial charge >= 0.3 is 5.97 Å². The van der Waals surface area contributed by atoms with E-state index < -0.39 is 37.0 Å². The molecule has 1 aromatic carbocycles. The van der Waals surface area contributed by atoms with Crippen molar-refractivity contribution >= 4 is 27.5 Å². The van der Waals surface area contributed by atoms with Gasteiger partial charge in [-0.25, -0.2) is 9.78 Å². The van der Waals surface area contributed by atoms with Crippen LogP contribution in [0.1, 0.15) is 21.1 Å². The highest BCUT2D eigenvalue weighted by atomic mass is 32.1. The van der Waals surface area contributed by atoms with Gasteiger partial charge in [0.25, 0.3) is 5.56 Å². The zero-order valence-electron chi connectivity index (χ0n) is 17.3. The van der Waals surface area contributed by atoms with Gasteiger partial charge in [0.15, 0.2) is 0 Å². The van der Waals surface area contributed by atoms with Crippen LogP contribution in [0, 0.1) is 0 Å². The molecule has 0 aliphatic rings. The van der Waals surface area contributed by atoms with Crippen LogP contribution in [0.4, 0.5) is 0 Å². The first-order valence-corrected chi connectivity index (χ1v) is 10.7. The molecule has 0 saturated carbocycles. The Bertz CT molecular complexity index is 1100. The van der Waals surface area contributed by atoms with Gasteiger partial charge in [-0.05, 0) is 18.7 Å². The number of nitrogens with one attached hydrogen (secondary N) is 2. The molecule has 2 aromatic heterocycles. The smallest absolute Gasteiger partial charge is 0.348 e. The number of nitrogens with zero attached hydrogens (tertiary/aromatic N) is 1. The summed E-state index contributed by atoms with van der Waals surface area (Å²) >= 11 is 0.976. The predicted molar refractivity (Wildman–Crippen MR) is 118 cm³/mol. The van der Waals surface area contributed by atoms with E-state index in [0.717, 1.165) is 16.9 Å². The molecule has 0 saturated heterocycles. The molecule has 0 radical (unpaired) electrons. The second-order valence-corrected chi connectivity index (χ2v) is 8.27. The fraction of sp³-hybridized carbons (Fsp3) is 0.381. The van der Waals surface area contributed by atoms with Gasteiger partial charge in [0.2, 0.25) is 0 Å². The molecule has 11 heteroatoms. The van der Waals surface area contributed by atoms with Crippen LogP contribution in [0.3, 0.4) is 0 Å². The van der Waals surface area contributed by atoms with Gasteiger partial charge < -0.3 is 35.5 Å². The first-order chi connectivity index (χ1) is 15.3. The second-order valence-electron chi connectivity index (χ2n) is 7.24. The molecule has 0 aliphatic heterocycles. The number of aliphatic hydroxyl groups excluding tert-OH is 4. The van der Waals surface area contributed by atoms with E-state index >= 15 is 0 Å². The molecular formula is C21H25N3O7S. The summed E-state index contributed by atoms with van der Waals surface area (Å²) in [5.41, 5.74) is 0.586. The highest BCUT2D eigenvalue weighted by Gasteiger charge is 2.34. The molecule has 0 fully saturated rings. The van der Waals surface area contributed by atoms with E-state index in [1.807, 2.05) is 30.3 Å². The quantitative estimate of drug-likeness (QED) is 0.215. The molecular weight excluding hydrogens is 438 g/mol. The van der Waals surface area contributed by atoms with E-state index in [0.29, 0.717) is 17.1 Å². The summed E-state index contributed by atoms with van der Waals surface area (Å²) in [7, 11) is 1.56. The number of fused-ring (bicyclic) bond motifs is 1. The van der Waals surface area contributed by atoms with Crippen molar-refractivity contribution in [1.29, 1.82) is 0 Å². The van der Waals surface area contributed by atoms with Gasteiger partial charge in [-0.15, -0.1) is 11.3 Å². The van der Waals surface area contributed by atoms with E-state index in [4.69, 9.17) is 9.84 Å². The minimum atomic E-state index is -1.72. The lowest BCUT2D eigenvalue weighted by atomic mass is 10.0. The number of aliphatic hydroxyl groups is 4. The van der Waals surface area contributed by atoms with Crippen LogP contribution in [0.5, 0.6) is 0 Å². The first kappa shape index (κ1) is 24.0. The van der Waals surface area contributed by atoms with E-state index in [1.54, 1.807) is 7.05 Å².